The van der Waals surface area contributed by atoms with E-state index >= 15 is 0 Å². The van der Waals surface area contributed by atoms with Crippen molar-refractivity contribution in [1.82, 2.24) is 15.5 Å². The summed E-state index contributed by atoms with van der Waals surface area (Å²) in [6.07, 6.45) is 4.18. The van der Waals surface area contributed by atoms with E-state index in [1.165, 1.54) is 0 Å². The van der Waals surface area contributed by atoms with Gasteiger partial charge < -0.3 is 10.4 Å². The molecule has 1 aromatic heterocycles. The van der Waals surface area contributed by atoms with Gasteiger partial charge in [0.05, 0.1) is 11.8 Å². The number of amides is 1. The standard InChI is InChI=1S/C16H27N3O2/c1-10(16-11(2)18-19-12(16)3)7-15(21)17-9-13-5-4-6-14(20)8-13/h10,13-14,20H,4-9H2,1-3H3,(H,17,21)(H,18,19). The summed E-state index contributed by atoms with van der Waals surface area (Å²) in [7, 11) is 0. The van der Waals surface area contributed by atoms with Gasteiger partial charge in [0.15, 0.2) is 0 Å². The molecule has 1 aliphatic carbocycles. The Bertz CT molecular complexity index is 464. The summed E-state index contributed by atoms with van der Waals surface area (Å²) in [5.41, 5.74) is 3.17. The van der Waals surface area contributed by atoms with Crippen molar-refractivity contribution in [1.29, 1.82) is 0 Å². The summed E-state index contributed by atoms with van der Waals surface area (Å²) in [5.74, 6) is 0.675. The monoisotopic (exact) mass is 293 g/mol. The van der Waals surface area contributed by atoms with Crippen LogP contribution in [0.3, 0.4) is 0 Å². The van der Waals surface area contributed by atoms with Gasteiger partial charge in [-0.1, -0.05) is 13.3 Å². The van der Waals surface area contributed by atoms with E-state index < -0.39 is 0 Å². The number of aryl methyl sites for hydroxylation is 2. The van der Waals surface area contributed by atoms with Crippen LogP contribution < -0.4 is 5.32 Å². The molecule has 1 aliphatic rings. The van der Waals surface area contributed by atoms with Gasteiger partial charge in [-0.25, -0.2) is 0 Å². The van der Waals surface area contributed by atoms with Gasteiger partial charge in [-0.05, 0) is 50.5 Å². The molecule has 1 heterocycles. The van der Waals surface area contributed by atoms with E-state index in [9.17, 15) is 9.90 Å². The first-order valence-corrected chi connectivity index (χ1v) is 7.93. The summed E-state index contributed by atoms with van der Waals surface area (Å²) in [6.45, 7) is 6.71. The Morgan fingerprint density at radius 1 is 1.48 bits per heavy atom. The first-order chi connectivity index (χ1) is 9.97. The number of aliphatic hydroxyl groups is 1. The number of carbonyl (C=O) groups excluding carboxylic acids is 1. The topological polar surface area (TPSA) is 78.0 Å². The molecular formula is C16H27N3O2. The van der Waals surface area contributed by atoms with E-state index in [2.05, 4.69) is 22.4 Å². The molecule has 1 aromatic rings. The van der Waals surface area contributed by atoms with Gasteiger partial charge >= 0.3 is 0 Å². The molecule has 0 spiro atoms. The molecule has 0 saturated heterocycles. The highest BCUT2D eigenvalue weighted by Gasteiger charge is 2.22. The van der Waals surface area contributed by atoms with Crippen LogP contribution >= 0.6 is 0 Å². The van der Waals surface area contributed by atoms with Gasteiger partial charge in [0, 0.05) is 18.7 Å². The lowest BCUT2D eigenvalue weighted by molar-refractivity contribution is -0.121. The normalized spacial score (nSPS) is 23.8. The largest absolute Gasteiger partial charge is 0.393 e. The molecule has 1 saturated carbocycles. The van der Waals surface area contributed by atoms with Crippen LogP contribution in [-0.2, 0) is 4.79 Å². The van der Waals surface area contributed by atoms with Gasteiger partial charge in [-0.3, -0.25) is 9.89 Å². The number of H-pyrrole nitrogens is 1. The lowest BCUT2D eigenvalue weighted by Crippen LogP contribution is -2.33. The zero-order valence-corrected chi connectivity index (χ0v) is 13.3. The van der Waals surface area contributed by atoms with E-state index in [4.69, 9.17) is 0 Å². The smallest absolute Gasteiger partial charge is 0.220 e. The fourth-order valence-corrected chi connectivity index (χ4v) is 3.44. The number of aromatic nitrogens is 2. The van der Waals surface area contributed by atoms with Crippen LogP contribution in [0.5, 0.6) is 0 Å². The number of aliphatic hydroxyl groups excluding tert-OH is 1. The molecule has 0 aromatic carbocycles. The van der Waals surface area contributed by atoms with Gasteiger partial charge in [0.25, 0.3) is 0 Å². The number of nitrogens with zero attached hydrogens (tertiary/aromatic N) is 1. The fraction of sp³-hybridized carbons (Fsp3) is 0.750. The summed E-state index contributed by atoms with van der Waals surface area (Å²) < 4.78 is 0. The molecular weight excluding hydrogens is 266 g/mol. The van der Waals surface area contributed by atoms with E-state index in [0.717, 1.165) is 42.6 Å². The van der Waals surface area contributed by atoms with Crippen LogP contribution in [0.4, 0.5) is 0 Å². The summed E-state index contributed by atoms with van der Waals surface area (Å²) in [4.78, 5) is 12.1. The molecule has 5 heteroatoms. The van der Waals surface area contributed by atoms with Crippen molar-refractivity contribution in [3.63, 3.8) is 0 Å². The maximum absolute atomic E-state index is 12.1. The van der Waals surface area contributed by atoms with Crippen LogP contribution in [0.1, 0.15) is 61.9 Å². The molecule has 2 rings (SSSR count). The number of carbonyl (C=O) groups is 1. The van der Waals surface area contributed by atoms with Crippen molar-refractivity contribution >= 4 is 5.91 Å². The quantitative estimate of drug-likeness (QED) is 0.778. The molecule has 0 aliphatic heterocycles. The minimum atomic E-state index is -0.184. The Balaban J connectivity index is 1.79. The Morgan fingerprint density at radius 3 is 2.86 bits per heavy atom. The molecule has 118 valence electrons. The second-order valence-corrected chi connectivity index (χ2v) is 6.44. The van der Waals surface area contributed by atoms with Crippen LogP contribution in [0.25, 0.3) is 0 Å². The van der Waals surface area contributed by atoms with E-state index in [1.807, 2.05) is 13.8 Å². The van der Waals surface area contributed by atoms with E-state index in [0.29, 0.717) is 18.9 Å². The Labute approximate surface area is 126 Å². The highest BCUT2D eigenvalue weighted by atomic mass is 16.3. The molecule has 0 bridgehead atoms. The predicted octanol–water partition coefficient (Wildman–Crippen LogP) is 2.19. The van der Waals surface area contributed by atoms with Gasteiger partial charge in [0.2, 0.25) is 5.91 Å². The highest BCUT2D eigenvalue weighted by molar-refractivity contribution is 5.76. The minimum Gasteiger partial charge on any atom is -0.393 e. The van der Waals surface area contributed by atoms with Crippen molar-refractivity contribution in [3.05, 3.63) is 17.0 Å². The Morgan fingerprint density at radius 2 is 2.24 bits per heavy atom. The molecule has 3 atom stereocenters. The van der Waals surface area contributed by atoms with Crippen molar-refractivity contribution in [3.8, 4) is 0 Å². The third-order valence-electron chi connectivity index (χ3n) is 4.51. The van der Waals surface area contributed by atoms with Crippen molar-refractivity contribution in [2.75, 3.05) is 6.54 Å². The molecule has 1 fully saturated rings. The first kappa shape index (κ1) is 16.0. The maximum Gasteiger partial charge on any atom is 0.220 e. The van der Waals surface area contributed by atoms with Crippen molar-refractivity contribution in [2.45, 2.75) is 64.9 Å². The summed E-state index contributed by atoms with van der Waals surface area (Å²) in [5, 5.41) is 19.8. The third kappa shape index (κ3) is 4.30. The lowest BCUT2D eigenvalue weighted by Gasteiger charge is -2.26. The Kier molecular flexibility index (Phi) is 5.39. The van der Waals surface area contributed by atoms with Crippen LogP contribution in [-0.4, -0.2) is 33.9 Å². The second-order valence-electron chi connectivity index (χ2n) is 6.44. The number of rotatable bonds is 5. The molecule has 0 radical (unpaired) electrons. The average Bonchev–Trinajstić information content (AvgIpc) is 2.76. The van der Waals surface area contributed by atoms with Crippen LogP contribution in [0.15, 0.2) is 0 Å². The highest BCUT2D eigenvalue weighted by Crippen LogP contribution is 2.25. The van der Waals surface area contributed by atoms with Crippen molar-refractivity contribution < 1.29 is 9.90 Å². The van der Waals surface area contributed by atoms with Crippen molar-refractivity contribution in [2.24, 2.45) is 5.92 Å². The molecule has 3 unspecified atom stereocenters. The van der Waals surface area contributed by atoms with Gasteiger partial charge in [-0.2, -0.15) is 5.10 Å². The number of aromatic amines is 1. The lowest BCUT2D eigenvalue weighted by atomic mass is 9.87. The third-order valence-corrected chi connectivity index (χ3v) is 4.51. The average molecular weight is 293 g/mol. The number of hydrogen-bond acceptors (Lipinski definition) is 3. The predicted molar refractivity (Wildman–Crippen MR) is 82.1 cm³/mol. The summed E-state index contributed by atoms with van der Waals surface area (Å²) >= 11 is 0. The molecule has 1 amide bonds. The Hall–Kier alpha value is -1.36. The van der Waals surface area contributed by atoms with Crippen LogP contribution in [0.2, 0.25) is 0 Å². The van der Waals surface area contributed by atoms with Gasteiger partial charge in [0.1, 0.15) is 0 Å². The number of hydrogen-bond donors (Lipinski definition) is 3. The fourth-order valence-electron chi connectivity index (χ4n) is 3.44. The van der Waals surface area contributed by atoms with Gasteiger partial charge in [-0.15, -0.1) is 0 Å². The molecule has 21 heavy (non-hydrogen) atoms. The zero-order chi connectivity index (χ0) is 15.4. The van der Waals surface area contributed by atoms with E-state index in [1.54, 1.807) is 0 Å². The minimum absolute atomic E-state index is 0.0857. The second kappa shape index (κ2) is 7.07. The molecule has 3 N–H and O–H groups in total. The van der Waals surface area contributed by atoms with E-state index in [-0.39, 0.29) is 17.9 Å². The molecule has 5 nitrogen and oxygen atoms in total. The zero-order valence-electron chi connectivity index (χ0n) is 13.3. The SMILES string of the molecule is Cc1n[nH]c(C)c1C(C)CC(=O)NCC1CCCC(O)C1. The van der Waals surface area contributed by atoms with Crippen LogP contribution in [0, 0.1) is 19.8 Å². The maximum atomic E-state index is 12.1. The number of nitrogens with one attached hydrogen (secondary N) is 2. The first-order valence-electron chi connectivity index (χ1n) is 7.93. The summed E-state index contributed by atoms with van der Waals surface area (Å²) in [6, 6.07) is 0.